The predicted octanol–water partition coefficient (Wildman–Crippen LogP) is 5.10. The third kappa shape index (κ3) is 4.49. The number of benzene rings is 1. The Morgan fingerprint density at radius 1 is 1.18 bits per heavy atom. The summed E-state index contributed by atoms with van der Waals surface area (Å²) in [5.74, 6) is 0. The van der Waals surface area contributed by atoms with E-state index in [1.165, 1.54) is 11.1 Å². The number of carbonyl (C=O) groups is 1. The van der Waals surface area contributed by atoms with E-state index in [4.69, 9.17) is 4.74 Å². The van der Waals surface area contributed by atoms with Gasteiger partial charge in [-0.2, -0.15) is 0 Å². The first-order valence-electron chi connectivity index (χ1n) is 8.79. The topological polar surface area (TPSA) is 29.5 Å². The van der Waals surface area contributed by atoms with E-state index in [9.17, 15) is 4.79 Å². The van der Waals surface area contributed by atoms with Crippen molar-refractivity contribution >= 4 is 6.09 Å². The number of rotatable bonds is 7. The summed E-state index contributed by atoms with van der Waals surface area (Å²) < 4.78 is 5.86. The van der Waals surface area contributed by atoms with Gasteiger partial charge in [0.05, 0.1) is 0 Å². The molecule has 0 spiro atoms. The van der Waals surface area contributed by atoms with Crippen LogP contribution in [0.15, 0.2) is 24.3 Å². The summed E-state index contributed by atoms with van der Waals surface area (Å²) in [5, 5.41) is 0. The molecule has 0 heterocycles. The zero-order valence-corrected chi connectivity index (χ0v) is 14.0. The average molecular weight is 303 g/mol. The van der Waals surface area contributed by atoms with Gasteiger partial charge < -0.3 is 9.64 Å². The van der Waals surface area contributed by atoms with Crippen LogP contribution in [0.2, 0.25) is 0 Å². The van der Waals surface area contributed by atoms with Crippen LogP contribution in [0.5, 0.6) is 0 Å². The van der Waals surface area contributed by atoms with Gasteiger partial charge in [-0.25, -0.2) is 4.79 Å². The van der Waals surface area contributed by atoms with Crippen molar-refractivity contribution < 1.29 is 9.53 Å². The van der Waals surface area contributed by atoms with Crippen LogP contribution in [0.3, 0.4) is 0 Å². The van der Waals surface area contributed by atoms with Gasteiger partial charge in [-0.1, -0.05) is 51.0 Å². The molecular weight excluding hydrogens is 274 g/mol. The molecule has 2 rings (SSSR count). The Bertz CT molecular complexity index is 464. The Morgan fingerprint density at radius 3 is 2.55 bits per heavy atom. The molecule has 1 aromatic carbocycles. The fraction of sp³-hybridized carbons (Fsp3) is 0.632. The van der Waals surface area contributed by atoms with E-state index in [-0.39, 0.29) is 12.2 Å². The summed E-state index contributed by atoms with van der Waals surface area (Å²) in [6.45, 7) is 5.93. The summed E-state index contributed by atoms with van der Waals surface area (Å²) >= 11 is 0. The Hall–Kier alpha value is -1.51. The van der Waals surface area contributed by atoms with Gasteiger partial charge >= 0.3 is 6.09 Å². The second-order valence-electron chi connectivity index (χ2n) is 6.16. The van der Waals surface area contributed by atoms with Crippen molar-refractivity contribution in [2.45, 2.75) is 64.9 Å². The van der Waals surface area contributed by atoms with Crippen molar-refractivity contribution in [3.8, 4) is 0 Å². The number of hydrogen-bond acceptors (Lipinski definition) is 2. The van der Waals surface area contributed by atoms with Crippen LogP contribution >= 0.6 is 0 Å². The predicted molar refractivity (Wildman–Crippen MR) is 90.0 cm³/mol. The molecule has 1 aromatic rings. The number of nitrogens with zero attached hydrogens (tertiary/aromatic N) is 1. The maximum Gasteiger partial charge on any atom is 0.410 e. The first-order valence-corrected chi connectivity index (χ1v) is 8.79. The molecule has 1 aliphatic carbocycles. The fourth-order valence-electron chi connectivity index (χ4n) is 3.02. The molecule has 3 nitrogen and oxygen atoms in total. The van der Waals surface area contributed by atoms with Crippen molar-refractivity contribution in [2.75, 3.05) is 13.1 Å². The van der Waals surface area contributed by atoms with Crippen LogP contribution in [-0.2, 0) is 11.2 Å². The minimum Gasteiger partial charge on any atom is -0.441 e. The van der Waals surface area contributed by atoms with Gasteiger partial charge in [-0.3, -0.25) is 0 Å². The average Bonchev–Trinajstić information content (AvgIpc) is 2.55. The van der Waals surface area contributed by atoms with E-state index < -0.39 is 0 Å². The molecule has 0 aliphatic heterocycles. The highest BCUT2D eigenvalue weighted by atomic mass is 16.6. The quantitative estimate of drug-likeness (QED) is 0.701. The minimum atomic E-state index is -0.136. The van der Waals surface area contributed by atoms with Gasteiger partial charge in [0.2, 0.25) is 0 Å². The highest BCUT2D eigenvalue weighted by Crippen LogP contribution is 2.32. The molecule has 122 valence electrons. The van der Waals surface area contributed by atoms with Crippen molar-refractivity contribution in [2.24, 2.45) is 0 Å². The Kier molecular flexibility index (Phi) is 6.75. The summed E-state index contributed by atoms with van der Waals surface area (Å²) in [4.78, 5) is 14.4. The molecule has 0 bridgehead atoms. The molecule has 0 saturated heterocycles. The highest BCUT2D eigenvalue weighted by Gasteiger charge is 2.25. The van der Waals surface area contributed by atoms with E-state index in [1.54, 1.807) is 0 Å². The monoisotopic (exact) mass is 303 g/mol. The van der Waals surface area contributed by atoms with Gasteiger partial charge in [0.15, 0.2) is 0 Å². The molecule has 0 radical (unpaired) electrons. The van der Waals surface area contributed by atoms with Crippen LogP contribution in [0.4, 0.5) is 4.79 Å². The number of aryl methyl sites for hydroxylation is 1. The number of fused-ring (bicyclic) bond motifs is 1. The summed E-state index contributed by atoms with van der Waals surface area (Å²) in [6.07, 6.45) is 7.22. The van der Waals surface area contributed by atoms with Crippen LogP contribution < -0.4 is 0 Å². The second-order valence-corrected chi connectivity index (χ2v) is 6.16. The zero-order valence-electron chi connectivity index (χ0n) is 14.0. The van der Waals surface area contributed by atoms with Gasteiger partial charge in [0, 0.05) is 13.1 Å². The molecule has 0 fully saturated rings. The first kappa shape index (κ1) is 16.9. The van der Waals surface area contributed by atoms with E-state index in [0.29, 0.717) is 0 Å². The molecule has 1 atom stereocenters. The van der Waals surface area contributed by atoms with E-state index in [1.807, 2.05) is 11.0 Å². The molecule has 1 amide bonds. The van der Waals surface area contributed by atoms with E-state index in [2.05, 4.69) is 32.0 Å². The molecule has 0 N–H and O–H groups in total. The Morgan fingerprint density at radius 2 is 1.86 bits per heavy atom. The molecule has 3 heteroatoms. The Balaban J connectivity index is 2.00. The summed E-state index contributed by atoms with van der Waals surface area (Å²) in [5.41, 5.74) is 2.54. The molecule has 1 unspecified atom stereocenters. The van der Waals surface area contributed by atoms with Crippen LogP contribution in [-0.4, -0.2) is 24.1 Å². The lowest BCUT2D eigenvalue weighted by Crippen LogP contribution is -2.34. The van der Waals surface area contributed by atoms with Crippen LogP contribution in [0.1, 0.15) is 69.6 Å². The highest BCUT2D eigenvalue weighted by molar-refractivity contribution is 5.68. The van der Waals surface area contributed by atoms with Crippen LogP contribution in [0, 0.1) is 0 Å². The summed E-state index contributed by atoms with van der Waals surface area (Å²) in [6, 6.07) is 8.37. The van der Waals surface area contributed by atoms with Gasteiger partial charge in [0.1, 0.15) is 6.10 Å². The SMILES string of the molecule is CCCCN(CCCC)C(=O)OC1CCCc2ccccc21. The molecule has 22 heavy (non-hydrogen) atoms. The van der Waals surface area contributed by atoms with Crippen molar-refractivity contribution in [3.05, 3.63) is 35.4 Å². The molecule has 0 aromatic heterocycles. The van der Waals surface area contributed by atoms with Crippen LogP contribution in [0.25, 0.3) is 0 Å². The lowest BCUT2D eigenvalue weighted by Gasteiger charge is -2.29. The Labute approximate surface area is 134 Å². The normalized spacial score (nSPS) is 16.9. The molecule has 1 aliphatic rings. The summed E-state index contributed by atoms with van der Waals surface area (Å²) in [7, 11) is 0. The minimum absolute atomic E-state index is 0.0665. The van der Waals surface area contributed by atoms with Crippen molar-refractivity contribution in [3.63, 3.8) is 0 Å². The maximum atomic E-state index is 12.5. The lowest BCUT2D eigenvalue weighted by molar-refractivity contribution is 0.0538. The third-order valence-electron chi connectivity index (χ3n) is 4.38. The fourth-order valence-corrected chi connectivity index (χ4v) is 3.02. The zero-order chi connectivity index (χ0) is 15.8. The van der Waals surface area contributed by atoms with E-state index >= 15 is 0 Å². The van der Waals surface area contributed by atoms with Crippen molar-refractivity contribution in [1.29, 1.82) is 0 Å². The molecule has 0 saturated carbocycles. The van der Waals surface area contributed by atoms with Gasteiger partial charge in [0.25, 0.3) is 0 Å². The number of amides is 1. The first-order chi connectivity index (χ1) is 10.8. The second kappa shape index (κ2) is 8.82. The molecular formula is C19H29NO2. The van der Waals surface area contributed by atoms with Gasteiger partial charge in [-0.05, 0) is 43.2 Å². The maximum absolute atomic E-state index is 12.5. The lowest BCUT2D eigenvalue weighted by atomic mass is 9.89. The number of hydrogen-bond donors (Lipinski definition) is 0. The number of unbranched alkanes of at least 4 members (excludes halogenated alkanes) is 2. The van der Waals surface area contributed by atoms with Crippen molar-refractivity contribution in [1.82, 2.24) is 4.90 Å². The third-order valence-corrected chi connectivity index (χ3v) is 4.38. The number of ether oxygens (including phenoxy) is 1. The standard InChI is InChI=1S/C19H29NO2/c1-3-5-14-20(15-6-4-2)19(21)22-18-13-9-11-16-10-7-8-12-17(16)18/h7-8,10,12,18H,3-6,9,11,13-15H2,1-2H3. The smallest absolute Gasteiger partial charge is 0.410 e. The van der Waals surface area contributed by atoms with E-state index in [0.717, 1.165) is 58.0 Å². The van der Waals surface area contributed by atoms with Gasteiger partial charge in [-0.15, -0.1) is 0 Å². The number of carbonyl (C=O) groups excluding carboxylic acids is 1. The largest absolute Gasteiger partial charge is 0.441 e.